The maximum atomic E-state index is 12.1. The number of carbonyl (C=O) groups is 3. The van der Waals surface area contributed by atoms with Crippen molar-refractivity contribution in [3.05, 3.63) is 65.7 Å². The Morgan fingerprint density at radius 3 is 2.17 bits per heavy atom. The molecule has 29 heavy (non-hydrogen) atoms. The van der Waals surface area contributed by atoms with E-state index in [1.54, 1.807) is 45.0 Å². The second-order valence-corrected chi connectivity index (χ2v) is 7.47. The highest BCUT2D eigenvalue weighted by atomic mass is 16.6. The number of ether oxygens (including phenoxy) is 1. The van der Waals surface area contributed by atoms with Gasteiger partial charge in [-0.25, -0.2) is 4.79 Å². The maximum Gasteiger partial charge on any atom is 0.407 e. The van der Waals surface area contributed by atoms with Crippen LogP contribution in [-0.2, 0) is 16.1 Å². The Bertz CT molecular complexity index is 827. The molecule has 3 N–H and O–H groups in total. The molecule has 0 saturated heterocycles. The van der Waals surface area contributed by atoms with Gasteiger partial charge in [-0.1, -0.05) is 30.3 Å². The highest BCUT2D eigenvalue weighted by molar-refractivity contribution is 6.04. The van der Waals surface area contributed by atoms with Gasteiger partial charge in [0.25, 0.3) is 5.91 Å². The smallest absolute Gasteiger partial charge is 0.407 e. The summed E-state index contributed by atoms with van der Waals surface area (Å²) in [7, 11) is 0. The van der Waals surface area contributed by atoms with Crippen LogP contribution in [0.25, 0.3) is 0 Å². The van der Waals surface area contributed by atoms with Gasteiger partial charge >= 0.3 is 6.09 Å². The fraction of sp³-hybridized carbons (Fsp3) is 0.318. The third-order valence-corrected chi connectivity index (χ3v) is 3.76. The number of amides is 3. The molecule has 0 aliphatic carbocycles. The van der Waals surface area contributed by atoms with E-state index in [4.69, 9.17) is 4.74 Å². The summed E-state index contributed by atoms with van der Waals surface area (Å²) in [6.07, 6.45) is -0.386. The molecule has 0 aromatic heterocycles. The Hall–Kier alpha value is -3.35. The molecule has 0 saturated carbocycles. The summed E-state index contributed by atoms with van der Waals surface area (Å²) < 4.78 is 5.10. The van der Waals surface area contributed by atoms with Crippen molar-refractivity contribution in [3.63, 3.8) is 0 Å². The molecule has 154 valence electrons. The first-order valence-corrected chi connectivity index (χ1v) is 9.42. The SMILES string of the molecule is CC(C)(C)OC(=O)NCCC(=O)NCc1ccc(NC(=O)c2ccccc2)cc1. The molecule has 2 aromatic rings. The molecule has 0 heterocycles. The van der Waals surface area contributed by atoms with Gasteiger partial charge in [0.2, 0.25) is 5.91 Å². The third kappa shape index (κ3) is 8.47. The molecule has 0 aliphatic heterocycles. The molecule has 7 nitrogen and oxygen atoms in total. The average molecular weight is 397 g/mol. The van der Waals surface area contributed by atoms with Crippen molar-refractivity contribution in [3.8, 4) is 0 Å². The Morgan fingerprint density at radius 2 is 1.55 bits per heavy atom. The minimum atomic E-state index is -0.570. The number of rotatable bonds is 7. The lowest BCUT2D eigenvalue weighted by Crippen LogP contribution is -2.35. The predicted octanol–water partition coefficient (Wildman–Crippen LogP) is 3.47. The zero-order chi connectivity index (χ0) is 21.3. The third-order valence-electron chi connectivity index (χ3n) is 3.76. The molecular weight excluding hydrogens is 370 g/mol. The monoisotopic (exact) mass is 397 g/mol. The summed E-state index contributed by atoms with van der Waals surface area (Å²) in [5, 5.41) is 8.16. The number of nitrogens with one attached hydrogen (secondary N) is 3. The van der Waals surface area contributed by atoms with Crippen molar-refractivity contribution in [2.75, 3.05) is 11.9 Å². The second-order valence-electron chi connectivity index (χ2n) is 7.47. The van der Waals surface area contributed by atoms with Gasteiger partial charge in [0, 0.05) is 30.8 Å². The molecule has 0 atom stereocenters. The minimum absolute atomic E-state index is 0.157. The summed E-state index contributed by atoms with van der Waals surface area (Å²) in [6, 6.07) is 16.2. The number of alkyl carbamates (subject to hydrolysis) is 1. The van der Waals surface area contributed by atoms with Crippen LogP contribution >= 0.6 is 0 Å². The van der Waals surface area contributed by atoms with Crippen LogP contribution in [0.5, 0.6) is 0 Å². The normalized spacial score (nSPS) is 10.7. The maximum absolute atomic E-state index is 12.1. The summed E-state index contributed by atoms with van der Waals surface area (Å²) in [4.78, 5) is 35.5. The van der Waals surface area contributed by atoms with E-state index >= 15 is 0 Å². The molecule has 2 aromatic carbocycles. The largest absolute Gasteiger partial charge is 0.444 e. The zero-order valence-corrected chi connectivity index (χ0v) is 17.0. The lowest BCUT2D eigenvalue weighted by molar-refractivity contribution is -0.121. The van der Waals surface area contributed by atoms with Gasteiger partial charge in [-0.05, 0) is 50.6 Å². The first kappa shape index (κ1) is 21.9. The van der Waals surface area contributed by atoms with Gasteiger partial charge < -0.3 is 20.7 Å². The van der Waals surface area contributed by atoms with E-state index in [9.17, 15) is 14.4 Å². The van der Waals surface area contributed by atoms with Gasteiger partial charge in [-0.15, -0.1) is 0 Å². The van der Waals surface area contributed by atoms with Gasteiger partial charge in [0.05, 0.1) is 0 Å². The molecule has 0 unspecified atom stereocenters. The van der Waals surface area contributed by atoms with Gasteiger partial charge in [0.1, 0.15) is 5.60 Å². The molecule has 3 amide bonds. The Kier molecular flexibility index (Phi) is 7.77. The molecule has 0 aliphatic rings. The molecule has 0 fully saturated rings. The Morgan fingerprint density at radius 1 is 0.897 bits per heavy atom. The quantitative estimate of drug-likeness (QED) is 0.666. The van der Waals surface area contributed by atoms with E-state index in [1.165, 1.54) is 0 Å². The zero-order valence-electron chi connectivity index (χ0n) is 17.0. The highest BCUT2D eigenvalue weighted by Gasteiger charge is 2.15. The number of benzene rings is 2. The standard InChI is InChI=1S/C22H27N3O4/c1-22(2,3)29-21(28)23-14-13-19(26)24-15-16-9-11-18(12-10-16)25-20(27)17-7-5-4-6-8-17/h4-12H,13-15H2,1-3H3,(H,23,28)(H,24,26)(H,25,27). The van der Waals surface area contributed by atoms with Crippen molar-refractivity contribution in [1.82, 2.24) is 10.6 Å². The van der Waals surface area contributed by atoms with Crippen LogP contribution in [0, 0.1) is 0 Å². The predicted molar refractivity (Wildman–Crippen MR) is 112 cm³/mol. The topological polar surface area (TPSA) is 96.5 Å². The van der Waals surface area contributed by atoms with E-state index in [0.29, 0.717) is 17.8 Å². The molecule has 0 spiro atoms. The van der Waals surface area contributed by atoms with Gasteiger partial charge in [-0.2, -0.15) is 0 Å². The number of carbonyl (C=O) groups excluding carboxylic acids is 3. The Balaban J connectivity index is 1.71. The fourth-order valence-corrected chi connectivity index (χ4v) is 2.38. The van der Waals surface area contributed by atoms with Crippen molar-refractivity contribution in [2.45, 2.75) is 39.3 Å². The van der Waals surface area contributed by atoms with Crippen molar-refractivity contribution in [2.24, 2.45) is 0 Å². The van der Waals surface area contributed by atoms with E-state index in [2.05, 4.69) is 16.0 Å². The lowest BCUT2D eigenvalue weighted by atomic mass is 10.2. The van der Waals surface area contributed by atoms with Crippen LogP contribution < -0.4 is 16.0 Å². The number of anilines is 1. The molecule has 7 heteroatoms. The summed E-state index contributed by atoms with van der Waals surface area (Å²) in [6.45, 7) is 5.89. The minimum Gasteiger partial charge on any atom is -0.444 e. The van der Waals surface area contributed by atoms with E-state index < -0.39 is 11.7 Å². The Labute approximate surface area is 170 Å². The van der Waals surface area contributed by atoms with E-state index in [-0.39, 0.29) is 24.8 Å². The molecule has 0 radical (unpaired) electrons. The van der Waals surface area contributed by atoms with Crippen molar-refractivity contribution in [1.29, 1.82) is 0 Å². The fourth-order valence-electron chi connectivity index (χ4n) is 2.38. The van der Waals surface area contributed by atoms with Crippen LogP contribution in [0.4, 0.5) is 10.5 Å². The first-order valence-electron chi connectivity index (χ1n) is 9.42. The second kappa shape index (κ2) is 10.3. The van der Waals surface area contributed by atoms with Crippen LogP contribution in [0.1, 0.15) is 43.1 Å². The van der Waals surface area contributed by atoms with Gasteiger partial charge in [0.15, 0.2) is 0 Å². The number of hydrogen-bond donors (Lipinski definition) is 3. The summed E-state index contributed by atoms with van der Waals surface area (Å²) >= 11 is 0. The van der Waals surface area contributed by atoms with Crippen molar-refractivity contribution < 1.29 is 19.1 Å². The average Bonchev–Trinajstić information content (AvgIpc) is 2.66. The van der Waals surface area contributed by atoms with E-state index in [1.807, 2.05) is 30.3 Å². The highest BCUT2D eigenvalue weighted by Crippen LogP contribution is 2.11. The van der Waals surface area contributed by atoms with Crippen LogP contribution in [-0.4, -0.2) is 30.1 Å². The van der Waals surface area contributed by atoms with Crippen LogP contribution in [0.15, 0.2) is 54.6 Å². The first-order chi connectivity index (χ1) is 13.7. The van der Waals surface area contributed by atoms with Crippen LogP contribution in [0.3, 0.4) is 0 Å². The van der Waals surface area contributed by atoms with Crippen molar-refractivity contribution >= 4 is 23.6 Å². The molecule has 2 rings (SSSR count). The molecule has 0 bridgehead atoms. The molecular formula is C22H27N3O4. The number of hydrogen-bond acceptors (Lipinski definition) is 4. The summed E-state index contributed by atoms with van der Waals surface area (Å²) in [5.41, 5.74) is 1.59. The van der Waals surface area contributed by atoms with Crippen LogP contribution in [0.2, 0.25) is 0 Å². The lowest BCUT2D eigenvalue weighted by Gasteiger charge is -2.19. The van der Waals surface area contributed by atoms with E-state index in [0.717, 1.165) is 5.56 Å². The summed E-state index contributed by atoms with van der Waals surface area (Å²) in [5.74, 6) is -0.355. The van der Waals surface area contributed by atoms with Gasteiger partial charge in [-0.3, -0.25) is 9.59 Å².